The van der Waals surface area contributed by atoms with E-state index in [4.69, 9.17) is 5.73 Å². The first kappa shape index (κ1) is 14.4. The summed E-state index contributed by atoms with van der Waals surface area (Å²) in [5.41, 5.74) is 6.00. The zero-order valence-electron chi connectivity index (χ0n) is 11.3. The van der Waals surface area contributed by atoms with Crippen LogP contribution in [0, 0.1) is 5.92 Å². The maximum absolute atomic E-state index is 12.9. The molecule has 2 amide bonds. The second kappa shape index (κ2) is 5.01. The van der Waals surface area contributed by atoms with Gasteiger partial charge in [0.25, 0.3) is 5.91 Å². The van der Waals surface area contributed by atoms with Crippen molar-refractivity contribution in [2.24, 2.45) is 11.7 Å². The van der Waals surface area contributed by atoms with Crippen LogP contribution in [-0.2, 0) is 17.6 Å². The fourth-order valence-electron chi connectivity index (χ4n) is 2.78. The number of carbonyl (C=O) groups is 2. The van der Waals surface area contributed by atoms with Gasteiger partial charge in [-0.3, -0.25) is 9.59 Å². The third kappa shape index (κ3) is 2.76. The number of nitrogens with zero attached hydrogens (tertiary/aromatic N) is 2. The van der Waals surface area contributed by atoms with Gasteiger partial charge in [0.15, 0.2) is 5.01 Å². The maximum atomic E-state index is 12.9. The van der Waals surface area contributed by atoms with Crippen LogP contribution < -0.4 is 5.73 Å². The number of hydrogen-bond donors (Lipinski definition) is 1. The predicted molar refractivity (Wildman–Crippen MR) is 72.3 cm³/mol. The molecule has 0 unspecified atom stereocenters. The molecule has 5 nitrogen and oxygen atoms in total. The van der Waals surface area contributed by atoms with Gasteiger partial charge in [-0.1, -0.05) is 0 Å². The summed E-state index contributed by atoms with van der Waals surface area (Å²) in [7, 11) is 0. The van der Waals surface area contributed by atoms with Gasteiger partial charge in [0.05, 0.1) is 5.69 Å². The highest BCUT2D eigenvalue weighted by Crippen LogP contribution is 2.43. The molecule has 1 aromatic heterocycles. The number of amides is 2. The third-order valence-corrected chi connectivity index (χ3v) is 5.14. The van der Waals surface area contributed by atoms with Crippen LogP contribution in [-0.4, -0.2) is 40.7 Å². The monoisotopic (exact) mass is 315 g/mol. The third-order valence-electron chi connectivity index (χ3n) is 3.97. The number of fused-ring (bicyclic) bond motifs is 1. The lowest BCUT2D eigenvalue weighted by atomic mass is 9.80. The van der Waals surface area contributed by atoms with Crippen LogP contribution in [0.5, 0.6) is 0 Å². The van der Waals surface area contributed by atoms with E-state index in [9.17, 15) is 18.4 Å². The molecule has 0 aromatic carbocycles. The molecule has 2 heterocycles. The zero-order valence-corrected chi connectivity index (χ0v) is 12.1. The Balaban J connectivity index is 1.64. The minimum atomic E-state index is -2.68. The van der Waals surface area contributed by atoms with E-state index in [0.29, 0.717) is 30.9 Å². The van der Waals surface area contributed by atoms with E-state index in [-0.39, 0.29) is 18.7 Å². The Hall–Kier alpha value is -1.57. The predicted octanol–water partition coefficient (Wildman–Crippen LogP) is 1.21. The lowest BCUT2D eigenvalue weighted by Crippen LogP contribution is -2.47. The standard InChI is InChI=1S/C13H15F2N3O2S/c14-13(15)5-7(6-13)12(20)18-3-1-8-9(2-4-18)21-11(17-8)10(16)19/h7H,1-6H2,(H2,16,19). The van der Waals surface area contributed by atoms with E-state index in [1.54, 1.807) is 4.90 Å². The highest BCUT2D eigenvalue weighted by Gasteiger charge is 2.49. The number of aromatic nitrogens is 1. The van der Waals surface area contributed by atoms with Gasteiger partial charge in [0.1, 0.15) is 0 Å². The van der Waals surface area contributed by atoms with Gasteiger partial charge < -0.3 is 10.6 Å². The number of halogens is 2. The summed E-state index contributed by atoms with van der Waals surface area (Å²) in [5, 5.41) is 0.290. The molecular weight excluding hydrogens is 300 g/mol. The minimum Gasteiger partial charge on any atom is -0.364 e. The van der Waals surface area contributed by atoms with Crippen molar-refractivity contribution in [2.75, 3.05) is 13.1 Å². The number of rotatable bonds is 2. The molecule has 0 atom stereocenters. The highest BCUT2D eigenvalue weighted by atomic mass is 32.1. The molecule has 2 aliphatic rings. The second-order valence-electron chi connectivity index (χ2n) is 5.54. The Bertz CT molecular complexity index is 569. The summed E-state index contributed by atoms with van der Waals surface area (Å²) < 4.78 is 25.7. The average molecular weight is 315 g/mol. The van der Waals surface area contributed by atoms with Crippen molar-refractivity contribution in [2.45, 2.75) is 31.6 Å². The molecule has 0 spiro atoms. The van der Waals surface area contributed by atoms with Crippen LogP contribution in [0.15, 0.2) is 0 Å². The Labute approximate surface area is 124 Å². The number of thiazole rings is 1. The van der Waals surface area contributed by atoms with Gasteiger partial charge in [0.2, 0.25) is 11.8 Å². The van der Waals surface area contributed by atoms with Crippen LogP contribution >= 0.6 is 11.3 Å². The first-order valence-corrected chi connectivity index (χ1v) is 7.62. The molecule has 1 saturated carbocycles. The van der Waals surface area contributed by atoms with Crippen molar-refractivity contribution in [3.8, 4) is 0 Å². The molecule has 1 aliphatic carbocycles. The van der Waals surface area contributed by atoms with E-state index >= 15 is 0 Å². The van der Waals surface area contributed by atoms with Gasteiger partial charge >= 0.3 is 0 Å². The number of primary amides is 1. The number of nitrogens with two attached hydrogens (primary N) is 1. The maximum Gasteiger partial charge on any atom is 0.277 e. The van der Waals surface area contributed by atoms with E-state index in [1.807, 2.05) is 0 Å². The first-order valence-electron chi connectivity index (χ1n) is 6.81. The van der Waals surface area contributed by atoms with Crippen molar-refractivity contribution in [3.63, 3.8) is 0 Å². The first-order chi connectivity index (χ1) is 9.85. The van der Waals surface area contributed by atoms with Gasteiger partial charge in [0, 0.05) is 49.6 Å². The van der Waals surface area contributed by atoms with Gasteiger partial charge in [-0.2, -0.15) is 0 Å². The zero-order chi connectivity index (χ0) is 15.2. The molecule has 8 heteroatoms. The normalized spacial score (nSPS) is 21.3. The van der Waals surface area contributed by atoms with Crippen molar-refractivity contribution in [1.29, 1.82) is 0 Å². The lowest BCUT2D eigenvalue weighted by Gasteiger charge is -2.36. The molecule has 2 N–H and O–H groups in total. The molecule has 1 aromatic rings. The Morgan fingerprint density at radius 1 is 1.29 bits per heavy atom. The molecule has 0 saturated heterocycles. The van der Waals surface area contributed by atoms with Crippen LogP contribution in [0.25, 0.3) is 0 Å². The van der Waals surface area contributed by atoms with Gasteiger partial charge in [-0.25, -0.2) is 13.8 Å². The van der Waals surface area contributed by atoms with Crippen molar-refractivity contribution in [1.82, 2.24) is 9.88 Å². The van der Waals surface area contributed by atoms with E-state index in [2.05, 4.69) is 4.98 Å². The van der Waals surface area contributed by atoms with E-state index < -0.39 is 17.7 Å². The summed E-state index contributed by atoms with van der Waals surface area (Å²) >= 11 is 1.25. The van der Waals surface area contributed by atoms with Gasteiger partial charge in [-0.15, -0.1) is 11.3 Å². The molecule has 21 heavy (non-hydrogen) atoms. The minimum absolute atomic E-state index is 0.189. The van der Waals surface area contributed by atoms with E-state index in [1.165, 1.54) is 11.3 Å². The average Bonchev–Trinajstić information content (AvgIpc) is 2.69. The summed E-state index contributed by atoms with van der Waals surface area (Å²) in [6, 6.07) is 0. The fourth-order valence-corrected chi connectivity index (χ4v) is 3.73. The van der Waals surface area contributed by atoms with Crippen LogP contribution in [0.4, 0.5) is 8.78 Å². The van der Waals surface area contributed by atoms with Crippen molar-refractivity contribution in [3.05, 3.63) is 15.6 Å². The van der Waals surface area contributed by atoms with Gasteiger partial charge in [-0.05, 0) is 0 Å². The molecular formula is C13H15F2N3O2S. The van der Waals surface area contributed by atoms with E-state index in [0.717, 1.165) is 10.6 Å². The topological polar surface area (TPSA) is 76.3 Å². The Morgan fingerprint density at radius 3 is 2.57 bits per heavy atom. The fraction of sp³-hybridized carbons (Fsp3) is 0.615. The Morgan fingerprint density at radius 2 is 1.95 bits per heavy atom. The number of alkyl halides is 2. The number of hydrogen-bond acceptors (Lipinski definition) is 4. The van der Waals surface area contributed by atoms with Crippen LogP contribution in [0.1, 0.15) is 33.2 Å². The molecule has 0 bridgehead atoms. The van der Waals surface area contributed by atoms with Crippen molar-refractivity contribution >= 4 is 23.2 Å². The van der Waals surface area contributed by atoms with Crippen LogP contribution in [0.2, 0.25) is 0 Å². The summed E-state index contributed by atoms with van der Waals surface area (Å²) in [5.74, 6) is -3.96. The van der Waals surface area contributed by atoms with Crippen molar-refractivity contribution < 1.29 is 18.4 Å². The molecule has 1 fully saturated rings. The molecule has 114 valence electrons. The summed E-state index contributed by atoms with van der Waals surface area (Å²) in [6.07, 6.45) is 0.450. The quantitative estimate of drug-likeness (QED) is 0.891. The lowest BCUT2D eigenvalue weighted by molar-refractivity contribution is -0.159. The smallest absolute Gasteiger partial charge is 0.277 e. The Kier molecular flexibility index (Phi) is 3.43. The second-order valence-corrected chi connectivity index (χ2v) is 6.62. The molecule has 3 rings (SSSR count). The largest absolute Gasteiger partial charge is 0.364 e. The number of carbonyl (C=O) groups excluding carboxylic acids is 2. The van der Waals surface area contributed by atoms with Crippen LogP contribution in [0.3, 0.4) is 0 Å². The summed E-state index contributed by atoms with van der Waals surface area (Å²) in [4.78, 5) is 30.1. The SMILES string of the molecule is NC(=O)c1nc2c(s1)CCN(C(=O)C1CC(F)(F)C1)CC2. The highest BCUT2D eigenvalue weighted by molar-refractivity contribution is 7.13. The molecule has 1 aliphatic heterocycles. The molecule has 0 radical (unpaired) electrons. The summed E-state index contributed by atoms with van der Waals surface area (Å²) in [6.45, 7) is 0.935.